The summed E-state index contributed by atoms with van der Waals surface area (Å²) in [5.41, 5.74) is 1.96. The van der Waals surface area contributed by atoms with E-state index >= 15 is 0 Å². The monoisotopic (exact) mass is 608 g/mol. The van der Waals surface area contributed by atoms with Gasteiger partial charge in [-0.15, -0.1) is 0 Å². The molecule has 11 heteroatoms. The quantitative estimate of drug-likeness (QED) is 0.170. The smallest absolute Gasteiger partial charge is 0.339 e. The van der Waals surface area contributed by atoms with Crippen molar-refractivity contribution in [3.63, 3.8) is 0 Å². The number of nitrogens with one attached hydrogen (secondary N) is 2. The van der Waals surface area contributed by atoms with Crippen molar-refractivity contribution in [2.24, 2.45) is 0 Å². The molecule has 0 aliphatic heterocycles. The first-order valence-electron chi connectivity index (χ1n) is 13.4. The van der Waals surface area contributed by atoms with Gasteiger partial charge in [0.2, 0.25) is 0 Å². The maximum Gasteiger partial charge on any atom is 0.339 e. The number of benzene rings is 4. The van der Waals surface area contributed by atoms with Gasteiger partial charge in [0.05, 0.1) is 0 Å². The first kappa shape index (κ1) is 30.6. The molecule has 0 unspecified atom stereocenters. The maximum absolute atomic E-state index is 12.9. The summed E-state index contributed by atoms with van der Waals surface area (Å²) in [4.78, 5) is 12.9. The van der Waals surface area contributed by atoms with Crippen LogP contribution >= 0.6 is 0 Å². The van der Waals surface area contributed by atoms with Gasteiger partial charge in [-0.3, -0.25) is 0 Å². The number of carbonyl (C=O) groups excluding carboxylic acids is 1. The number of urea groups is 1. The lowest BCUT2D eigenvalue weighted by atomic mass is 10.1. The third-order valence-corrected chi connectivity index (χ3v) is 8.65. The number of amides is 2. The topological polar surface area (TPSA) is 128 Å². The fraction of sp³-hybridized carbons (Fsp3) is 0.194. The highest BCUT2D eigenvalue weighted by Crippen LogP contribution is 2.30. The molecule has 220 valence electrons. The fourth-order valence-corrected chi connectivity index (χ4v) is 6.13. The predicted molar refractivity (Wildman–Crippen MR) is 162 cm³/mol. The molecule has 2 N–H and O–H groups in total. The largest absolute Gasteiger partial charge is 0.379 e. The van der Waals surface area contributed by atoms with Crippen LogP contribution in [0.25, 0.3) is 0 Å². The zero-order valence-corrected chi connectivity index (χ0v) is 24.9. The molecule has 0 atom stereocenters. The van der Waals surface area contributed by atoms with Crippen LogP contribution in [0.15, 0.2) is 107 Å². The average Bonchev–Trinajstić information content (AvgIpc) is 2.96. The Bertz CT molecular complexity index is 1610. The minimum Gasteiger partial charge on any atom is -0.379 e. The molecule has 0 radical (unpaired) electrons. The summed E-state index contributed by atoms with van der Waals surface area (Å²) in [6, 6.07) is 24.6. The van der Waals surface area contributed by atoms with Crippen molar-refractivity contribution in [2.75, 3.05) is 10.6 Å². The molecule has 0 bridgehead atoms. The van der Waals surface area contributed by atoms with Crippen molar-refractivity contribution in [1.82, 2.24) is 0 Å². The molecule has 0 saturated carbocycles. The Balaban J connectivity index is 1.53. The van der Waals surface area contributed by atoms with Gasteiger partial charge in [0, 0.05) is 23.5 Å². The second kappa shape index (κ2) is 13.5. The van der Waals surface area contributed by atoms with Gasteiger partial charge in [-0.25, -0.2) is 4.79 Å². The number of hydrogen-bond acceptors (Lipinski definition) is 7. The molecular formula is C31H32N2O7S2. The molecule has 0 aliphatic carbocycles. The third-order valence-electron chi connectivity index (χ3n) is 6.15. The van der Waals surface area contributed by atoms with Crippen LogP contribution in [-0.4, -0.2) is 22.9 Å². The van der Waals surface area contributed by atoms with Crippen LogP contribution in [0, 0.1) is 0 Å². The highest BCUT2D eigenvalue weighted by molar-refractivity contribution is 7.87. The number of hydrogen-bond donors (Lipinski definition) is 2. The van der Waals surface area contributed by atoms with Crippen molar-refractivity contribution in [2.45, 2.75) is 49.3 Å². The molecule has 0 aliphatic rings. The lowest BCUT2D eigenvalue weighted by Crippen LogP contribution is -2.20. The summed E-state index contributed by atoms with van der Waals surface area (Å²) in [6.45, 7) is 3.92. The van der Waals surface area contributed by atoms with Crippen LogP contribution in [0.2, 0.25) is 0 Å². The molecule has 0 heterocycles. The molecule has 0 aromatic heterocycles. The van der Waals surface area contributed by atoms with Gasteiger partial charge in [0.25, 0.3) is 0 Å². The summed E-state index contributed by atoms with van der Waals surface area (Å²) >= 11 is 0. The Morgan fingerprint density at radius 2 is 0.976 bits per heavy atom. The minimum absolute atomic E-state index is 0.0161. The second-order valence-electron chi connectivity index (χ2n) is 9.43. The van der Waals surface area contributed by atoms with Crippen LogP contribution in [0.4, 0.5) is 16.2 Å². The van der Waals surface area contributed by atoms with Gasteiger partial charge in [-0.05, 0) is 60.4 Å². The standard InChI is InChI=1S/C31H32N2O7S2/c1-3-11-23-17-19-25(21-29(23)39-41(35,36)27-13-7-5-8-14-27)32-31(34)33-26-20-18-24(12-4-2)30(22-26)40-42(37,38)28-15-9-6-10-16-28/h5-10,13-22H,3-4,11-12H2,1-2H3,(H2,32,33,34). The Hall–Kier alpha value is -4.35. The first-order valence-corrected chi connectivity index (χ1v) is 16.3. The molecule has 0 saturated heterocycles. The van der Waals surface area contributed by atoms with Crippen LogP contribution in [-0.2, 0) is 33.1 Å². The van der Waals surface area contributed by atoms with E-state index in [1.54, 1.807) is 60.7 Å². The van der Waals surface area contributed by atoms with E-state index in [1.807, 2.05) is 13.8 Å². The highest BCUT2D eigenvalue weighted by atomic mass is 32.2. The van der Waals surface area contributed by atoms with Gasteiger partial charge in [0.1, 0.15) is 21.3 Å². The summed E-state index contributed by atoms with van der Waals surface area (Å²) in [6.07, 6.45) is 2.66. The summed E-state index contributed by atoms with van der Waals surface area (Å²) in [5.74, 6) is 0.230. The second-order valence-corrected chi connectivity index (χ2v) is 12.5. The number of carbonyl (C=O) groups is 1. The molecule has 9 nitrogen and oxygen atoms in total. The van der Waals surface area contributed by atoms with Crippen LogP contribution < -0.4 is 19.0 Å². The minimum atomic E-state index is -4.09. The van der Waals surface area contributed by atoms with Crippen molar-refractivity contribution in [3.8, 4) is 11.5 Å². The lowest BCUT2D eigenvalue weighted by Gasteiger charge is -2.15. The van der Waals surface area contributed by atoms with Crippen molar-refractivity contribution in [3.05, 3.63) is 108 Å². The molecule has 4 rings (SSSR count). The summed E-state index contributed by atoms with van der Waals surface area (Å²) < 4.78 is 62.4. The maximum atomic E-state index is 12.9. The van der Waals surface area contributed by atoms with Gasteiger partial charge in [-0.2, -0.15) is 16.8 Å². The predicted octanol–water partition coefficient (Wildman–Crippen LogP) is 6.77. The normalized spacial score (nSPS) is 11.5. The van der Waals surface area contributed by atoms with E-state index in [1.165, 1.54) is 36.4 Å². The van der Waals surface area contributed by atoms with Gasteiger partial charge >= 0.3 is 26.3 Å². The molecular weight excluding hydrogens is 576 g/mol. The van der Waals surface area contributed by atoms with E-state index < -0.39 is 26.3 Å². The Morgan fingerprint density at radius 1 is 0.595 bits per heavy atom. The van der Waals surface area contributed by atoms with Crippen LogP contribution in [0.3, 0.4) is 0 Å². The Labute approximate surface area is 246 Å². The van der Waals surface area contributed by atoms with Crippen LogP contribution in [0.1, 0.15) is 37.8 Å². The molecule has 0 spiro atoms. The first-order chi connectivity index (χ1) is 20.1. The molecule has 4 aromatic rings. The summed E-state index contributed by atoms with van der Waals surface area (Å²) in [5, 5.41) is 5.35. The fourth-order valence-electron chi connectivity index (χ4n) is 4.17. The van der Waals surface area contributed by atoms with Gasteiger partial charge in [-0.1, -0.05) is 75.2 Å². The molecule has 2 amide bonds. The zero-order chi connectivity index (χ0) is 30.2. The van der Waals surface area contributed by atoms with Crippen LogP contribution in [0.5, 0.6) is 11.5 Å². The number of aryl methyl sites for hydroxylation is 2. The van der Waals surface area contributed by atoms with E-state index in [0.717, 1.165) is 12.8 Å². The van der Waals surface area contributed by atoms with E-state index in [4.69, 9.17) is 8.37 Å². The molecule has 0 fully saturated rings. The SMILES string of the molecule is CCCc1ccc(NC(=O)Nc2ccc(CCC)c(OS(=O)(=O)c3ccccc3)c2)cc1OS(=O)(=O)c1ccccc1. The molecule has 4 aromatic carbocycles. The van der Waals surface area contributed by atoms with E-state index in [-0.39, 0.29) is 21.3 Å². The number of anilines is 2. The third kappa shape index (κ3) is 7.89. The van der Waals surface area contributed by atoms with Crippen molar-refractivity contribution in [1.29, 1.82) is 0 Å². The Morgan fingerprint density at radius 3 is 1.33 bits per heavy atom. The Kier molecular flexibility index (Phi) is 9.87. The average molecular weight is 609 g/mol. The summed E-state index contributed by atoms with van der Waals surface area (Å²) in [7, 11) is -8.18. The number of rotatable bonds is 12. The van der Waals surface area contributed by atoms with E-state index in [9.17, 15) is 21.6 Å². The van der Waals surface area contributed by atoms with E-state index in [0.29, 0.717) is 35.3 Å². The zero-order valence-electron chi connectivity index (χ0n) is 23.2. The van der Waals surface area contributed by atoms with Gasteiger partial charge in [0.15, 0.2) is 0 Å². The lowest BCUT2D eigenvalue weighted by molar-refractivity contribution is 0.262. The molecule has 42 heavy (non-hydrogen) atoms. The van der Waals surface area contributed by atoms with E-state index in [2.05, 4.69) is 10.6 Å². The van der Waals surface area contributed by atoms with Crippen molar-refractivity contribution >= 4 is 37.6 Å². The van der Waals surface area contributed by atoms with Crippen molar-refractivity contribution < 1.29 is 30.0 Å². The van der Waals surface area contributed by atoms with Gasteiger partial charge < -0.3 is 19.0 Å². The highest BCUT2D eigenvalue weighted by Gasteiger charge is 2.20.